The largest absolute Gasteiger partial charge is 0.394 e. The number of aliphatic hydroxyl groups is 6. The van der Waals surface area contributed by atoms with E-state index < -0.39 is 111 Å². The third-order valence-corrected chi connectivity index (χ3v) is 8.08. The number of nitrogens with two attached hydrogens (primary N) is 3. The Labute approximate surface area is 241 Å². The lowest BCUT2D eigenvalue weighted by Gasteiger charge is -2.52. The second-order valence-corrected chi connectivity index (χ2v) is 10.9. The molecule has 12 N–H and O–H groups in total. The Morgan fingerprint density at radius 3 is 1.98 bits per heavy atom. The molecule has 15 nitrogen and oxygen atoms in total. The van der Waals surface area contributed by atoms with Crippen molar-refractivity contribution in [1.82, 2.24) is 0 Å². The standard InChI is InChI=1S/C26H53N3O12/c1-6-26(5,24-19(34)17(28)21(37-8-3)14(10-31)38-24)41-23-15(11-32)39-25(20(35)18(23)29)40-22(16(27)12(4)33)13(9-30)36-7-2/h12-25,30-35H,6-11,27-29H2,1-5H3. The van der Waals surface area contributed by atoms with Gasteiger partial charge in [-0.05, 0) is 34.1 Å². The van der Waals surface area contributed by atoms with Crippen LogP contribution in [0.15, 0.2) is 0 Å². The quantitative estimate of drug-likeness (QED) is 0.0827. The van der Waals surface area contributed by atoms with Gasteiger partial charge in [-0.2, -0.15) is 0 Å². The van der Waals surface area contributed by atoms with Crippen LogP contribution in [0, 0.1) is 0 Å². The van der Waals surface area contributed by atoms with E-state index in [-0.39, 0.29) is 13.0 Å². The van der Waals surface area contributed by atoms with Crippen molar-refractivity contribution in [3.63, 3.8) is 0 Å². The molecular formula is C26H53N3O12. The van der Waals surface area contributed by atoms with Gasteiger partial charge in [0.25, 0.3) is 0 Å². The van der Waals surface area contributed by atoms with E-state index >= 15 is 0 Å². The first-order chi connectivity index (χ1) is 19.3. The molecule has 15 unspecified atom stereocenters. The van der Waals surface area contributed by atoms with Crippen molar-refractivity contribution in [1.29, 1.82) is 0 Å². The Morgan fingerprint density at radius 2 is 1.49 bits per heavy atom. The fraction of sp³-hybridized carbons (Fsp3) is 1.00. The molecule has 2 aliphatic heterocycles. The number of ether oxygens (including phenoxy) is 6. The summed E-state index contributed by atoms with van der Waals surface area (Å²) in [5.74, 6) is 0. The van der Waals surface area contributed by atoms with Crippen LogP contribution in [0.25, 0.3) is 0 Å². The lowest BCUT2D eigenvalue weighted by Crippen LogP contribution is -2.71. The molecule has 0 aliphatic carbocycles. The fourth-order valence-corrected chi connectivity index (χ4v) is 5.40. The molecule has 0 amide bonds. The highest BCUT2D eigenvalue weighted by Crippen LogP contribution is 2.37. The smallest absolute Gasteiger partial charge is 0.186 e. The van der Waals surface area contributed by atoms with Gasteiger partial charge in [0.2, 0.25) is 0 Å². The summed E-state index contributed by atoms with van der Waals surface area (Å²) in [6.07, 6.45) is -11.8. The monoisotopic (exact) mass is 599 g/mol. The van der Waals surface area contributed by atoms with Crippen LogP contribution in [0.3, 0.4) is 0 Å². The molecule has 0 bridgehead atoms. The fourth-order valence-electron chi connectivity index (χ4n) is 5.40. The van der Waals surface area contributed by atoms with Crippen molar-refractivity contribution < 1.29 is 59.1 Å². The normalized spacial score (nSPS) is 39.1. The average molecular weight is 600 g/mol. The first-order valence-corrected chi connectivity index (χ1v) is 14.4. The van der Waals surface area contributed by atoms with Crippen LogP contribution in [-0.4, -0.2) is 155 Å². The molecule has 0 aromatic rings. The minimum atomic E-state index is -1.50. The zero-order valence-corrected chi connectivity index (χ0v) is 24.7. The van der Waals surface area contributed by atoms with Crippen LogP contribution in [0.2, 0.25) is 0 Å². The average Bonchev–Trinajstić information content (AvgIpc) is 2.96. The first kappa shape index (κ1) is 36.6. The van der Waals surface area contributed by atoms with Gasteiger partial charge in [-0.1, -0.05) is 6.92 Å². The molecule has 2 rings (SSSR count). The van der Waals surface area contributed by atoms with Crippen molar-refractivity contribution >= 4 is 0 Å². The van der Waals surface area contributed by atoms with E-state index in [0.29, 0.717) is 6.61 Å². The molecule has 2 saturated heterocycles. The molecule has 0 saturated carbocycles. The van der Waals surface area contributed by atoms with Crippen molar-refractivity contribution in [2.24, 2.45) is 17.2 Å². The molecule has 0 aromatic heterocycles. The summed E-state index contributed by atoms with van der Waals surface area (Å²) in [5, 5.41) is 62.3. The van der Waals surface area contributed by atoms with Crippen molar-refractivity contribution in [2.75, 3.05) is 33.0 Å². The highest BCUT2D eigenvalue weighted by atomic mass is 16.7. The third-order valence-electron chi connectivity index (χ3n) is 8.08. The molecule has 0 radical (unpaired) electrons. The Bertz CT molecular complexity index is 753. The molecule has 15 atom stereocenters. The van der Waals surface area contributed by atoms with E-state index in [1.807, 2.05) is 0 Å². The number of hydrogen-bond donors (Lipinski definition) is 9. The molecule has 0 aromatic carbocycles. The predicted octanol–water partition coefficient (Wildman–Crippen LogP) is -3.71. The third kappa shape index (κ3) is 8.32. The maximum absolute atomic E-state index is 11.1. The summed E-state index contributed by atoms with van der Waals surface area (Å²) >= 11 is 0. The van der Waals surface area contributed by atoms with Gasteiger partial charge in [-0.15, -0.1) is 0 Å². The van der Waals surface area contributed by atoms with Crippen LogP contribution >= 0.6 is 0 Å². The second kappa shape index (κ2) is 16.5. The highest BCUT2D eigenvalue weighted by Gasteiger charge is 2.55. The first-order valence-electron chi connectivity index (χ1n) is 14.4. The lowest BCUT2D eigenvalue weighted by atomic mass is 9.82. The van der Waals surface area contributed by atoms with Crippen LogP contribution in [0.5, 0.6) is 0 Å². The lowest BCUT2D eigenvalue weighted by molar-refractivity contribution is -0.328. The molecule has 0 spiro atoms. The molecule has 2 fully saturated rings. The maximum atomic E-state index is 11.1. The van der Waals surface area contributed by atoms with Crippen LogP contribution in [0.4, 0.5) is 0 Å². The molecule has 15 heteroatoms. The molecular weight excluding hydrogens is 546 g/mol. The zero-order valence-electron chi connectivity index (χ0n) is 24.7. The summed E-state index contributed by atoms with van der Waals surface area (Å²) in [5.41, 5.74) is 17.6. The predicted molar refractivity (Wildman–Crippen MR) is 145 cm³/mol. The Morgan fingerprint density at radius 1 is 0.902 bits per heavy atom. The SMILES string of the molecule is CCOC(CO)C(OC1OC(CO)C(OC(C)(CC)C2OC(CO)C(OCC)C(N)C2O)C(N)C1O)C(N)C(C)O. The molecule has 2 heterocycles. The van der Waals surface area contributed by atoms with Gasteiger partial charge in [-0.3, -0.25) is 0 Å². The summed E-state index contributed by atoms with van der Waals surface area (Å²) in [6, 6.07) is -3.09. The van der Waals surface area contributed by atoms with Gasteiger partial charge in [0.15, 0.2) is 6.29 Å². The van der Waals surface area contributed by atoms with E-state index in [0.717, 1.165) is 0 Å². The Hall–Kier alpha value is -0.600. The second-order valence-electron chi connectivity index (χ2n) is 10.9. The van der Waals surface area contributed by atoms with Gasteiger partial charge >= 0.3 is 0 Å². The number of aliphatic hydroxyl groups excluding tert-OH is 6. The van der Waals surface area contributed by atoms with Gasteiger partial charge in [0, 0.05) is 13.2 Å². The Balaban J connectivity index is 2.30. The summed E-state index contributed by atoms with van der Waals surface area (Å²) < 4.78 is 35.4. The molecule has 2 aliphatic rings. The van der Waals surface area contributed by atoms with Gasteiger partial charge in [0.05, 0.1) is 49.7 Å². The molecule has 41 heavy (non-hydrogen) atoms. The number of rotatable bonds is 16. The highest BCUT2D eigenvalue weighted by molar-refractivity contribution is 5.04. The topological polar surface area (TPSA) is 255 Å². The number of hydrogen-bond acceptors (Lipinski definition) is 15. The van der Waals surface area contributed by atoms with Crippen LogP contribution < -0.4 is 17.2 Å². The van der Waals surface area contributed by atoms with Crippen LogP contribution in [-0.2, 0) is 28.4 Å². The minimum Gasteiger partial charge on any atom is -0.394 e. The van der Waals surface area contributed by atoms with Crippen molar-refractivity contribution in [3.05, 3.63) is 0 Å². The summed E-state index contributed by atoms with van der Waals surface area (Å²) in [6.45, 7) is 7.44. The van der Waals surface area contributed by atoms with E-state index in [4.69, 9.17) is 45.6 Å². The van der Waals surface area contributed by atoms with Crippen molar-refractivity contribution in [3.8, 4) is 0 Å². The summed E-state index contributed by atoms with van der Waals surface area (Å²) in [7, 11) is 0. The zero-order chi connectivity index (χ0) is 31.1. The van der Waals surface area contributed by atoms with Gasteiger partial charge < -0.3 is 76.3 Å². The van der Waals surface area contributed by atoms with Gasteiger partial charge in [0.1, 0.15) is 54.9 Å². The van der Waals surface area contributed by atoms with E-state index in [1.165, 1.54) is 6.92 Å². The van der Waals surface area contributed by atoms with Crippen molar-refractivity contribution in [2.45, 2.75) is 132 Å². The molecule has 244 valence electrons. The van der Waals surface area contributed by atoms with Crippen LogP contribution in [0.1, 0.15) is 41.0 Å². The summed E-state index contributed by atoms with van der Waals surface area (Å²) in [4.78, 5) is 0. The van der Waals surface area contributed by atoms with E-state index in [2.05, 4.69) is 0 Å². The maximum Gasteiger partial charge on any atom is 0.186 e. The van der Waals surface area contributed by atoms with E-state index in [9.17, 15) is 30.6 Å². The van der Waals surface area contributed by atoms with E-state index in [1.54, 1.807) is 27.7 Å². The minimum absolute atomic E-state index is 0.219. The van der Waals surface area contributed by atoms with Gasteiger partial charge in [-0.25, -0.2) is 0 Å². The Kier molecular flexibility index (Phi) is 14.7.